The Balaban J connectivity index is 1.43. The van der Waals surface area contributed by atoms with E-state index in [1.807, 2.05) is 18.2 Å². The van der Waals surface area contributed by atoms with Gasteiger partial charge in [0.1, 0.15) is 0 Å². The molecule has 0 saturated carbocycles. The summed E-state index contributed by atoms with van der Waals surface area (Å²) in [4.78, 5) is 18.5. The van der Waals surface area contributed by atoms with Gasteiger partial charge in [0.2, 0.25) is 5.95 Å². The maximum Gasteiger partial charge on any atom is 0.238 e. The Hall–Kier alpha value is -5.52. The van der Waals surface area contributed by atoms with Crippen LogP contribution in [0.25, 0.3) is 83.9 Å². The van der Waals surface area contributed by atoms with E-state index in [1.54, 1.807) is 0 Å². The Labute approximate surface area is 268 Å². The van der Waals surface area contributed by atoms with E-state index in [4.69, 9.17) is 15.0 Å². The van der Waals surface area contributed by atoms with E-state index in [-0.39, 0.29) is 0 Å². The molecule has 0 amide bonds. The van der Waals surface area contributed by atoms with Crippen molar-refractivity contribution in [2.24, 2.45) is 0 Å². The smallest absolute Gasteiger partial charge is 0.238 e. The van der Waals surface area contributed by atoms with E-state index in [0.29, 0.717) is 17.6 Å². The predicted octanol–water partition coefficient (Wildman–Crippen LogP) is 10.4. The molecule has 218 valence electrons. The van der Waals surface area contributed by atoms with E-state index in [2.05, 4.69) is 132 Å². The van der Waals surface area contributed by atoms with Crippen molar-refractivity contribution < 1.29 is 0 Å². The molecule has 4 nitrogen and oxygen atoms in total. The Morgan fingerprint density at radius 2 is 1.07 bits per heavy atom. The summed E-state index contributed by atoms with van der Waals surface area (Å²) in [6, 6.07) is 48.0. The zero-order chi connectivity index (χ0) is 30.6. The molecular weight excluding hydrogens is 581 g/mol. The van der Waals surface area contributed by atoms with Crippen LogP contribution < -0.4 is 0 Å². The Kier molecular flexibility index (Phi) is 5.18. The molecule has 0 radical (unpaired) electrons. The number of rotatable bonds is 1. The van der Waals surface area contributed by atoms with Gasteiger partial charge < -0.3 is 0 Å². The number of para-hydroxylation sites is 1. The van der Waals surface area contributed by atoms with Crippen LogP contribution >= 0.6 is 10.0 Å². The van der Waals surface area contributed by atoms with Gasteiger partial charge in [-0.3, -0.25) is 4.57 Å². The van der Waals surface area contributed by atoms with Crippen LogP contribution in [0.4, 0.5) is 0 Å². The highest BCUT2D eigenvalue weighted by Crippen LogP contribution is 2.71. The summed E-state index contributed by atoms with van der Waals surface area (Å²) >= 11 is 0. The van der Waals surface area contributed by atoms with Crippen LogP contribution in [0.3, 0.4) is 0 Å². The molecule has 8 aromatic rings. The summed E-state index contributed by atoms with van der Waals surface area (Å²) in [5.74, 6) is 1.95. The number of benzene rings is 6. The average Bonchev–Trinajstić information content (AvgIpc) is 3.57. The second-order valence-corrected chi connectivity index (χ2v) is 16.0. The maximum atomic E-state index is 5.29. The lowest BCUT2D eigenvalue weighted by Gasteiger charge is -2.31. The summed E-state index contributed by atoms with van der Waals surface area (Å²) in [5, 5.41) is 2.42. The standard InChI is InChI=1S/C41H28N4S/c1-46(2)37-30-18-10-19-33(37)34-22-21-32-31-17-6-7-20-35(31)45(36(32)38(34)46)41-43-39(25-11-4-3-5-12-25)42-40(44-41)29-16-9-14-27(24-29)26-13-8-15-28(30)23-26/h3-24H,1-2H3. The van der Waals surface area contributed by atoms with Gasteiger partial charge in [-0.1, -0.05) is 115 Å². The number of hydrogen-bond acceptors (Lipinski definition) is 3. The van der Waals surface area contributed by atoms with Crippen LogP contribution in [0.1, 0.15) is 0 Å². The van der Waals surface area contributed by atoms with Gasteiger partial charge in [-0.25, -0.2) is 4.98 Å². The van der Waals surface area contributed by atoms with Gasteiger partial charge in [-0.05, 0) is 64.1 Å². The number of aromatic nitrogens is 4. The first-order valence-electron chi connectivity index (χ1n) is 15.5. The van der Waals surface area contributed by atoms with Gasteiger partial charge in [0, 0.05) is 31.7 Å². The third kappa shape index (κ3) is 3.49. The predicted molar refractivity (Wildman–Crippen MR) is 191 cm³/mol. The Bertz CT molecular complexity index is 2560. The SMILES string of the molecule is CS1(C)c2c3cccc2-c2ccc4c5ccccc5n(c4c21)-c1nc(-c2ccccc2)nc(n1)-c1cccc(c1)-c1cccc-3c1. The van der Waals surface area contributed by atoms with Gasteiger partial charge in [0.05, 0.1) is 11.0 Å². The first-order chi connectivity index (χ1) is 22.6. The first-order valence-corrected chi connectivity index (χ1v) is 18.0. The summed E-state index contributed by atoms with van der Waals surface area (Å²) in [6.45, 7) is 0. The molecule has 0 aliphatic carbocycles. The minimum atomic E-state index is -1.47. The molecule has 10 rings (SSSR count). The molecule has 0 unspecified atom stereocenters. The third-order valence-corrected chi connectivity index (χ3v) is 12.5. The highest BCUT2D eigenvalue weighted by Gasteiger charge is 2.38. The molecule has 0 spiro atoms. The lowest BCUT2D eigenvalue weighted by atomic mass is 9.95. The van der Waals surface area contributed by atoms with Crippen LogP contribution in [0.2, 0.25) is 0 Å². The fourth-order valence-corrected chi connectivity index (χ4v) is 10.7. The van der Waals surface area contributed by atoms with Crippen molar-refractivity contribution in [3.63, 3.8) is 0 Å². The lowest BCUT2D eigenvalue weighted by Crippen LogP contribution is -2.07. The normalized spacial score (nSPS) is 14.3. The van der Waals surface area contributed by atoms with Crippen LogP contribution in [-0.2, 0) is 0 Å². The van der Waals surface area contributed by atoms with Crippen LogP contribution in [0.15, 0.2) is 143 Å². The van der Waals surface area contributed by atoms with Gasteiger partial charge in [-0.2, -0.15) is 20.0 Å². The van der Waals surface area contributed by atoms with Crippen molar-refractivity contribution in [3.8, 4) is 62.1 Å². The van der Waals surface area contributed by atoms with E-state index in [0.717, 1.165) is 22.2 Å². The van der Waals surface area contributed by atoms with Crippen molar-refractivity contribution in [1.82, 2.24) is 19.5 Å². The summed E-state index contributed by atoms with van der Waals surface area (Å²) in [5.41, 5.74) is 11.7. The second kappa shape index (κ2) is 9.25. The van der Waals surface area contributed by atoms with Gasteiger partial charge in [0.15, 0.2) is 11.6 Å². The van der Waals surface area contributed by atoms with Crippen molar-refractivity contribution in [2.45, 2.75) is 9.79 Å². The van der Waals surface area contributed by atoms with E-state index >= 15 is 0 Å². The molecule has 0 atom stereocenters. The zero-order valence-corrected chi connectivity index (χ0v) is 26.2. The number of hydrogen-bond donors (Lipinski definition) is 0. The van der Waals surface area contributed by atoms with Crippen molar-refractivity contribution in [2.75, 3.05) is 12.5 Å². The van der Waals surface area contributed by atoms with Crippen LogP contribution in [0.5, 0.6) is 0 Å². The molecule has 2 aliphatic heterocycles. The molecule has 5 heteroatoms. The van der Waals surface area contributed by atoms with E-state index in [1.165, 1.54) is 53.9 Å². The molecule has 46 heavy (non-hydrogen) atoms. The molecule has 2 aromatic heterocycles. The second-order valence-electron chi connectivity index (χ2n) is 12.5. The van der Waals surface area contributed by atoms with Crippen molar-refractivity contribution >= 4 is 31.8 Å². The summed E-state index contributed by atoms with van der Waals surface area (Å²) < 4.78 is 2.31. The molecule has 8 bridgehead atoms. The fourth-order valence-electron chi connectivity index (χ4n) is 7.61. The van der Waals surface area contributed by atoms with Crippen molar-refractivity contribution in [1.29, 1.82) is 0 Å². The highest BCUT2D eigenvalue weighted by atomic mass is 32.3. The monoisotopic (exact) mass is 608 g/mol. The van der Waals surface area contributed by atoms with Gasteiger partial charge >= 0.3 is 0 Å². The highest BCUT2D eigenvalue weighted by molar-refractivity contribution is 8.33. The number of nitrogens with zero attached hydrogens (tertiary/aromatic N) is 4. The molecule has 4 heterocycles. The zero-order valence-electron chi connectivity index (χ0n) is 25.4. The minimum absolute atomic E-state index is 0.635. The molecule has 0 N–H and O–H groups in total. The summed E-state index contributed by atoms with van der Waals surface area (Å²) in [6.07, 6.45) is 4.92. The molecule has 0 fully saturated rings. The quantitative estimate of drug-likeness (QED) is 0.186. The average molecular weight is 609 g/mol. The lowest BCUT2D eigenvalue weighted by molar-refractivity contribution is 0.949. The van der Waals surface area contributed by atoms with Crippen molar-refractivity contribution in [3.05, 3.63) is 133 Å². The van der Waals surface area contributed by atoms with E-state index < -0.39 is 10.0 Å². The molecule has 6 aromatic carbocycles. The van der Waals surface area contributed by atoms with E-state index in [9.17, 15) is 0 Å². The van der Waals surface area contributed by atoms with Crippen LogP contribution in [0, 0.1) is 0 Å². The van der Waals surface area contributed by atoms with Crippen LogP contribution in [-0.4, -0.2) is 32.0 Å². The van der Waals surface area contributed by atoms with Gasteiger partial charge in [0.25, 0.3) is 0 Å². The maximum absolute atomic E-state index is 5.29. The topological polar surface area (TPSA) is 43.6 Å². The molecular formula is C41H28N4S. The Morgan fingerprint density at radius 3 is 1.89 bits per heavy atom. The fraction of sp³-hybridized carbons (Fsp3) is 0.0488. The Morgan fingerprint density at radius 1 is 0.457 bits per heavy atom. The largest absolute Gasteiger partial charge is 0.277 e. The first kappa shape index (κ1) is 25.8. The van der Waals surface area contributed by atoms with Gasteiger partial charge in [-0.15, -0.1) is 0 Å². The summed E-state index contributed by atoms with van der Waals surface area (Å²) in [7, 11) is -1.47. The third-order valence-electron chi connectivity index (χ3n) is 9.60. The molecule has 0 saturated heterocycles. The molecule has 2 aliphatic rings. The number of fused-ring (bicyclic) bond motifs is 14. The minimum Gasteiger partial charge on any atom is -0.277 e.